The number of carbonyl (C=O) groups is 1. The van der Waals surface area contributed by atoms with Crippen LogP contribution in [-0.2, 0) is 4.79 Å². The van der Waals surface area contributed by atoms with Gasteiger partial charge in [-0.15, -0.1) is 11.8 Å². The SMILES string of the molecule is C\C=C/C=C(C)\C=C\SCCCCCC(=O)O. The van der Waals surface area contributed by atoms with Gasteiger partial charge in [0.05, 0.1) is 0 Å². The molecule has 0 amide bonds. The quantitative estimate of drug-likeness (QED) is 0.489. The lowest BCUT2D eigenvalue weighted by Crippen LogP contribution is -1.93. The normalized spacial score (nSPS) is 12.7. The maximum atomic E-state index is 10.3. The zero-order valence-corrected chi connectivity index (χ0v) is 11.5. The molecule has 17 heavy (non-hydrogen) atoms. The summed E-state index contributed by atoms with van der Waals surface area (Å²) in [7, 11) is 0. The van der Waals surface area contributed by atoms with Crippen LogP contribution in [-0.4, -0.2) is 16.8 Å². The Bertz CT molecular complexity index is 291. The Kier molecular flexibility index (Phi) is 10.9. The third-order valence-corrected chi connectivity index (χ3v) is 2.98. The molecule has 1 N–H and O–H groups in total. The van der Waals surface area contributed by atoms with Gasteiger partial charge < -0.3 is 5.11 Å². The number of carboxylic acids is 1. The Morgan fingerprint density at radius 2 is 2.06 bits per heavy atom. The van der Waals surface area contributed by atoms with Gasteiger partial charge in [0.25, 0.3) is 0 Å². The highest BCUT2D eigenvalue weighted by Gasteiger charge is 1.95. The number of thioether (sulfide) groups is 1. The molecule has 0 radical (unpaired) electrons. The molecule has 0 aromatic rings. The van der Waals surface area contributed by atoms with E-state index in [1.807, 2.05) is 19.1 Å². The molecular formula is C14H22O2S. The van der Waals surface area contributed by atoms with Crippen LogP contribution < -0.4 is 0 Å². The summed E-state index contributed by atoms with van der Waals surface area (Å²) in [5.74, 6) is 0.370. The maximum Gasteiger partial charge on any atom is 0.303 e. The van der Waals surface area contributed by atoms with E-state index >= 15 is 0 Å². The van der Waals surface area contributed by atoms with Gasteiger partial charge in [0, 0.05) is 6.42 Å². The van der Waals surface area contributed by atoms with Gasteiger partial charge in [0.15, 0.2) is 0 Å². The van der Waals surface area contributed by atoms with Crippen LogP contribution in [0.25, 0.3) is 0 Å². The molecule has 2 nitrogen and oxygen atoms in total. The number of hydrogen-bond acceptors (Lipinski definition) is 2. The van der Waals surface area contributed by atoms with E-state index in [0.717, 1.165) is 25.0 Å². The van der Waals surface area contributed by atoms with Crippen molar-refractivity contribution in [2.45, 2.75) is 39.5 Å². The topological polar surface area (TPSA) is 37.3 Å². The van der Waals surface area contributed by atoms with Gasteiger partial charge in [-0.25, -0.2) is 0 Å². The van der Waals surface area contributed by atoms with E-state index in [-0.39, 0.29) is 0 Å². The second-order valence-electron chi connectivity index (χ2n) is 3.81. The zero-order valence-electron chi connectivity index (χ0n) is 10.7. The molecule has 0 aliphatic heterocycles. The predicted molar refractivity (Wildman–Crippen MR) is 76.3 cm³/mol. The standard InChI is InChI=1S/C14H22O2S/c1-3-4-8-13(2)10-12-17-11-7-5-6-9-14(15)16/h3-4,8,10,12H,5-7,9,11H2,1-2H3,(H,15,16)/b4-3-,12-10+,13-8-. The number of carboxylic acid groups (broad SMARTS) is 1. The van der Waals surface area contributed by atoms with Crippen molar-refractivity contribution in [1.29, 1.82) is 0 Å². The molecule has 0 atom stereocenters. The van der Waals surface area contributed by atoms with Gasteiger partial charge in [-0.05, 0) is 37.9 Å². The summed E-state index contributed by atoms with van der Waals surface area (Å²) in [6.45, 7) is 4.07. The molecule has 0 aromatic carbocycles. The van der Waals surface area contributed by atoms with E-state index < -0.39 is 5.97 Å². The van der Waals surface area contributed by atoms with Crippen LogP contribution in [0.5, 0.6) is 0 Å². The fraction of sp³-hybridized carbons (Fsp3) is 0.500. The molecule has 0 saturated carbocycles. The van der Waals surface area contributed by atoms with Crippen LogP contribution >= 0.6 is 11.8 Å². The van der Waals surface area contributed by atoms with Gasteiger partial charge >= 0.3 is 5.97 Å². The van der Waals surface area contributed by atoms with Crippen LogP contribution in [0, 0.1) is 0 Å². The largest absolute Gasteiger partial charge is 0.481 e. The van der Waals surface area contributed by atoms with Crippen LogP contribution in [0.1, 0.15) is 39.5 Å². The Balaban J connectivity index is 3.45. The minimum absolute atomic E-state index is 0.297. The lowest BCUT2D eigenvalue weighted by molar-refractivity contribution is -0.137. The Morgan fingerprint density at radius 3 is 2.71 bits per heavy atom. The molecule has 0 spiro atoms. The lowest BCUT2D eigenvalue weighted by atomic mass is 10.2. The summed E-state index contributed by atoms with van der Waals surface area (Å²) in [5, 5.41) is 10.6. The van der Waals surface area contributed by atoms with Crippen LogP contribution in [0.4, 0.5) is 0 Å². The van der Waals surface area contributed by atoms with Gasteiger partial charge in [0.1, 0.15) is 0 Å². The molecule has 96 valence electrons. The van der Waals surface area contributed by atoms with Gasteiger partial charge in [0.2, 0.25) is 0 Å². The second-order valence-corrected chi connectivity index (χ2v) is 4.83. The van der Waals surface area contributed by atoms with Crippen LogP contribution in [0.3, 0.4) is 0 Å². The number of hydrogen-bond donors (Lipinski definition) is 1. The zero-order chi connectivity index (χ0) is 12.9. The number of rotatable bonds is 9. The fourth-order valence-corrected chi connectivity index (χ4v) is 1.98. The van der Waals surface area contributed by atoms with Crippen LogP contribution in [0.2, 0.25) is 0 Å². The highest BCUT2D eigenvalue weighted by molar-refractivity contribution is 8.02. The Morgan fingerprint density at radius 1 is 1.29 bits per heavy atom. The van der Waals surface area contributed by atoms with E-state index in [1.54, 1.807) is 11.8 Å². The first-order valence-electron chi connectivity index (χ1n) is 5.96. The molecule has 0 aliphatic rings. The van der Waals surface area contributed by atoms with Crippen molar-refractivity contribution in [2.24, 2.45) is 0 Å². The van der Waals surface area contributed by atoms with Gasteiger partial charge in [-0.2, -0.15) is 0 Å². The van der Waals surface area contributed by atoms with E-state index in [2.05, 4.69) is 24.5 Å². The maximum absolute atomic E-state index is 10.3. The summed E-state index contributed by atoms with van der Waals surface area (Å²) in [6.07, 6.45) is 11.4. The van der Waals surface area contributed by atoms with E-state index in [4.69, 9.17) is 5.11 Å². The second kappa shape index (κ2) is 11.5. The third-order valence-electron chi connectivity index (χ3n) is 2.13. The summed E-state index contributed by atoms with van der Waals surface area (Å²) in [4.78, 5) is 10.3. The average molecular weight is 254 g/mol. The molecule has 0 fully saturated rings. The number of aliphatic carboxylic acids is 1. The molecule has 0 heterocycles. The number of allylic oxidation sites excluding steroid dienone is 5. The van der Waals surface area contributed by atoms with Gasteiger partial charge in [-0.3, -0.25) is 4.79 Å². The molecule has 3 heteroatoms. The molecule has 0 saturated heterocycles. The first kappa shape index (κ1) is 16.0. The summed E-state index contributed by atoms with van der Waals surface area (Å²) >= 11 is 1.78. The van der Waals surface area contributed by atoms with Crippen molar-refractivity contribution in [3.05, 3.63) is 35.3 Å². The van der Waals surface area contributed by atoms with Crippen molar-refractivity contribution in [3.63, 3.8) is 0 Å². The highest BCUT2D eigenvalue weighted by Crippen LogP contribution is 2.10. The van der Waals surface area contributed by atoms with E-state index in [1.165, 1.54) is 5.57 Å². The van der Waals surface area contributed by atoms with Crippen molar-refractivity contribution < 1.29 is 9.90 Å². The minimum Gasteiger partial charge on any atom is -0.481 e. The molecule has 0 unspecified atom stereocenters. The minimum atomic E-state index is -0.692. The highest BCUT2D eigenvalue weighted by atomic mass is 32.2. The van der Waals surface area contributed by atoms with Crippen molar-refractivity contribution >= 4 is 17.7 Å². The fourth-order valence-electron chi connectivity index (χ4n) is 1.17. The smallest absolute Gasteiger partial charge is 0.303 e. The predicted octanol–water partition coefficient (Wildman–Crippen LogP) is 4.40. The molecular weight excluding hydrogens is 232 g/mol. The first-order chi connectivity index (χ1) is 8.16. The van der Waals surface area contributed by atoms with Crippen molar-refractivity contribution in [1.82, 2.24) is 0 Å². The molecule has 0 rings (SSSR count). The Hall–Kier alpha value is -0.960. The summed E-state index contributed by atoms with van der Waals surface area (Å²) in [6, 6.07) is 0. The van der Waals surface area contributed by atoms with E-state index in [9.17, 15) is 4.79 Å². The van der Waals surface area contributed by atoms with E-state index in [0.29, 0.717) is 6.42 Å². The Labute approximate surface area is 108 Å². The summed E-state index contributed by atoms with van der Waals surface area (Å²) < 4.78 is 0. The average Bonchev–Trinajstić information content (AvgIpc) is 2.29. The third kappa shape index (κ3) is 13.0. The monoisotopic (exact) mass is 254 g/mol. The first-order valence-corrected chi connectivity index (χ1v) is 7.01. The molecule has 0 bridgehead atoms. The number of unbranched alkanes of at least 4 members (excludes halogenated alkanes) is 2. The lowest BCUT2D eigenvalue weighted by Gasteiger charge is -1.96. The van der Waals surface area contributed by atoms with Gasteiger partial charge in [-0.1, -0.05) is 36.3 Å². The van der Waals surface area contributed by atoms with Crippen molar-refractivity contribution in [2.75, 3.05) is 5.75 Å². The molecule has 0 aliphatic carbocycles. The summed E-state index contributed by atoms with van der Waals surface area (Å²) in [5.41, 5.74) is 1.24. The molecule has 0 aromatic heterocycles. The van der Waals surface area contributed by atoms with Crippen molar-refractivity contribution in [3.8, 4) is 0 Å². The van der Waals surface area contributed by atoms with Crippen LogP contribution in [0.15, 0.2) is 35.3 Å².